The summed E-state index contributed by atoms with van der Waals surface area (Å²) in [5, 5.41) is 16.3. The molecule has 6 aromatic rings. The minimum absolute atomic E-state index is 0.0882. The number of amides is 1. The Morgan fingerprint density at radius 1 is 0.981 bits per heavy atom. The van der Waals surface area contributed by atoms with Crippen molar-refractivity contribution in [3.8, 4) is 28.8 Å². The molecule has 11 nitrogen and oxygen atoms in total. The molecule has 3 heterocycles. The summed E-state index contributed by atoms with van der Waals surface area (Å²) in [6, 6.07) is 25.7. The van der Waals surface area contributed by atoms with Crippen molar-refractivity contribution in [2.24, 2.45) is 7.05 Å². The van der Waals surface area contributed by atoms with Gasteiger partial charge in [0.2, 0.25) is 5.89 Å². The SMILES string of the molecule is CC(NC(=O)c1c(-c2ccnn2-c2ccc(C#N)cc2)n(C)n(-c2cccc(C(F)(F)F)c2)c1=O)c1ncc(CC[N+](C)(C)C)o1.c1ccccc1. The summed E-state index contributed by atoms with van der Waals surface area (Å²) in [4.78, 5) is 32.3. The fourth-order valence-corrected chi connectivity index (χ4v) is 5.37. The molecule has 0 spiro atoms. The largest absolute Gasteiger partial charge is 0.443 e. The Hall–Kier alpha value is -6.20. The van der Waals surface area contributed by atoms with Crippen LogP contribution in [0, 0.1) is 11.3 Å². The molecule has 0 radical (unpaired) electrons. The molecule has 0 aliphatic rings. The molecule has 3 aromatic carbocycles. The highest BCUT2D eigenvalue weighted by molar-refractivity contribution is 6.00. The third-order valence-corrected chi connectivity index (χ3v) is 8.02. The van der Waals surface area contributed by atoms with Gasteiger partial charge in [0.1, 0.15) is 23.1 Å². The summed E-state index contributed by atoms with van der Waals surface area (Å²) in [6.45, 7) is 2.45. The number of hydrogen-bond acceptors (Lipinski definition) is 6. The maximum atomic E-state index is 14.0. The van der Waals surface area contributed by atoms with E-state index in [1.54, 1.807) is 43.5 Å². The van der Waals surface area contributed by atoms with Crippen LogP contribution in [0.3, 0.4) is 0 Å². The van der Waals surface area contributed by atoms with E-state index < -0.39 is 29.2 Å². The Balaban J connectivity index is 0.000000790. The van der Waals surface area contributed by atoms with Gasteiger partial charge in [0.25, 0.3) is 11.5 Å². The topological polar surface area (TPSA) is 124 Å². The van der Waals surface area contributed by atoms with Crippen molar-refractivity contribution in [3.63, 3.8) is 0 Å². The van der Waals surface area contributed by atoms with E-state index in [1.165, 1.54) is 34.7 Å². The maximum Gasteiger partial charge on any atom is 0.416 e. The molecule has 52 heavy (non-hydrogen) atoms. The summed E-state index contributed by atoms with van der Waals surface area (Å²) in [5.41, 5.74) is -0.844. The number of nitriles is 1. The lowest BCUT2D eigenvalue weighted by Crippen LogP contribution is -2.36. The van der Waals surface area contributed by atoms with Gasteiger partial charge in [-0.1, -0.05) is 42.5 Å². The quantitative estimate of drug-likeness (QED) is 0.175. The Kier molecular flexibility index (Phi) is 10.9. The molecule has 3 aromatic heterocycles. The van der Waals surface area contributed by atoms with E-state index in [1.807, 2.05) is 42.5 Å². The number of halogens is 3. The van der Waals surface area contributed by atoms with Crippen molar-refractivity contribution in [2.75, 3.05) is 27.7 Å². The normalized spacial score (nSPS) is 12.1. The zero-order valence-electron chi connectivity index (χ0n) is 29.3. The number of benzene rings is 3. The van der Waals surface area contributed by atoms with Crippen LogP contribution >= 0.6 is 0 Å². The second kappa shape index (κ2) is 15.4. The van der Waals surface area contributed by atoms with Crippen LogP contribution in [0.2, 0.25) is 0 Å². The number of carbonyl (C=O) groups excluding carboxylic acids is 1. The second-order valence-corrected chi connectivity index (χ2v) is 13.0. The molecule has 0 saturated heterocycles. The number of rotatable bonds is 9. The molecule has 1 amide bonds. The van der Waals surface area contributed by atoms with Gasteiger partial charge >= 0.3 is 6.18 Å². The van der Waals surface area contributed by atoms with Crippen LogP contribution in [0.1, 0.15) is 46.1 Å². The molecular weight excluding hydrogens is 673 g/mol. The highest BCUT2D eigenvalue weighted by atomic mass is 19.4. The Morgan fingerprint density at radius 3 is 2.23 bits per heavy atom. The predicted octanol–water partition coefficient (Wildman–Crippen LogP) is 6.33. The summed E-state index contributed by atoms with van der Waals surface area (Å²) < 4.78 is 51.3. The summed E-state index contributed by atoms with van der Waals surface area (Å²) in [5.74, 6) is 0.0957. The molecule has 268 valence electrons. The first-order valence-electron chi connectivity index (χ1n) is 16.3. The summed E-state index contributed by atoms with van der Waals surface area (Å²) >= 11 is 0. The molecule has 14 heteroatoms. The lowest BCUT2D eigenvalue weighted by atomic mass is 10.1. The van der Waals surface area contributed by atoms with Gasteiger partial charge in [-0.3, -0.25) is 14.3 Å². The molecule has 0 saturated carbocycles. The standard InChI is InChI=1S/C32H31F3N8O3.C6H6/c1-20(30-37-19-25(46-30)14-16-43(3,4)5)39-29(44)27-28(26-13-15-38-41(26)23-11-9-21(18-36)10-12-23)40(2)42(31(27)45)24-8-6-7-22(17-24)32(33,34)35;1-2-4-6-5-3-1/h6-13,15,17,19-20H,14,16H2,1-5H3;1-6H/p+1. The molecule has 1 unspecified atom stereocenters. The smallest absolute Gasteiger partial charge is 0.416 e. The van der Waals surface area contributed by atoms with Gasteiger partial charge in [-0.25, -0.2) is 14.3 Å². The van der Waals surface area contributed by atoms with Gasteiger partial charge in [-0.2, -0.15) is 23.5 Å². The van der Waals surface area contributed by atoms with E-state index in [9.17, 15) is 28.0 Å². The predicted molar refractivity (Wildman–Crippen MR) is 189 cm³/mol. The minimum Gasteiger partial charge on any atom is -0.443 e. The number of nitrogens with zero attached hydrogens (tertiary/aromatic N) is 7. The second-order valence-electron chi connectivity index (χ2n) is 13.0. The lowest BCUT2D eigenvalue weighted by molar-refractivity contribution is -0.870. The Bertz CT molecular complexity index is 2210. The van der Waals surface area contributed by atoms with Gasteiger partial charge in [0.05, 0.1) is 80.8 Å². The van der Waals surface area contributed by atoms with Crippen LogP contribution < -0.4 is 10.9 Å². The third-order valence-electron chi connectivity index (χ3n) is 8.02. The van der Waals surface area contributed by atoms with Gasteiger partial charge in [0.15, 0.2) is 0 Å². The number of oxazole rings is 1. The van der Waals surface area contributed by atoms with E-state index in [4.69, 9.17) is 4.42 Å². The fourth-order valence-electron chi connectivity index (χ4n) is 5.37. The maximum absolute atomic E-state index is 14.0. The van der Waals surface area contributed by atoms with E-state index >= 15 is 0 Å². The Morgan fingerprint density at radius 2 is 1.63 bits per heavy atom. The molecular formula is C38H38F3N8O3+. The van der Waals surface area contributed by atoms with Gasteiger partial charge in [0, 0.05) is 7.05 Å². The van der Waals surface area contributed by atoms with Gasteiger partial charge in [-0.05, 0) is 55.5 Å². The molecule has 6 rings (SSSR count). The minimum atomic E-state index is -4.65. The van der Waals surface area contributed by atoms with Crippen LogP contribution in [0.4, 0.5) is 13.2 Å². The third kappa shape index (κ3) is 8.56. The molecule has 0 aliphatic heterocycles. The van der Waals surface area contributed by atoms with Gasteiger partial charge < -0.3 is 14.2 Å². The number of quaternary nitrogens is 1. The van der Waals surface area contributed by atoms with Crippen LogP contribution in [0.5, 0.6) is 0 Å². The number of likely N-dealkylation sites (N-methyl/N-ethyl adjacent to an activating group) is 1. The fraction of sp³-hybridized carbons (Fsp3) is 0.237. The monoisotopic (exact) mass is 711 g/mol. The highest BCUT2D eigenvalue weighted by Crippen LogP contribution is 2.31. The zero-order valence-corrected chi connectivity index (χ0v) is 29.3. The number of carbonyl (C=O) groups is 1. The van der Waals surface area contributed by atoms with E-state index in [0.717, 1.165) is 27.8 Å². The molecule has 0 aliphatic carbocycles. The number of aromatic nitrogens is 5. The first-order valence-corrected chi connectivity index (χ1v) is 16.3. The highest BCUT2D eigenvalue weighted by Gasteiger charge is 2.33. The van der Waals surface area contributed by atoms with Crippen LogP contribution in [-0.4, -0.2) is 62.2 Å². The Labute approximate surface area is 298 Å². The van der Waals surface area contributed by atoms with Gasteiger partial charge in [-0.15, -0.1) is 0 Å². The zero-order chi connectivity index (χ0) is 37.6. The van der Waals surface area contributed by atoms with Crippen molar-refractivity contribution >= 4 is 5.91 Å². The number of nitrogens with one attached hydrogen (secondary N) is 1. The average Bonchev–Trinajstić information content (AvgIpc) is 3.86. The van der Waals surface area contributed by atoms with Crippen LogP contribution in [0.25, 0.3) is 22.8 Å². The van der Waals surface area contributed by atoms with Crippen molar-refractivity contribution in [1.29, 1.82) is 5.26 Å². The van der Waals surface area contributed by atoms with Crippen LogP contribution in [0.15, 0.2) is 113 Å². The van der Waals surface area contributed by atoms with Crippen molar-refractivity contribution in [1.82, 2.24) is 29.4 Å². The summed E-state index contributed by atoms with van der Waals surface area (Å²) in [6.07, 6.45) is -0.966. The van der Waals surface area contributed by atoms with Crippen LogP contribution in [-0.2, 0) is 19.6 Å². The molecule has 1 N–H and O–H groups in total. The van der Waals surface area contributed by atoms with E-state index in [0.29, 0.717) is 29.1 Å². The van der Waals surface area contributed by atoms with Crippen molar-refractivity contribution in [2.45, 2.75) is 25.6 Å². The molecule has 0 bridgehead atoms. The summed E-state index contributed by atoms with van der Waals surface area (Å²) in [7, 11) is 7.63. The first-order chi connectivity index (χ1) is 24.7. The number of hydrogen-bond donors (Lipinski definition) is 1. The van der Waals surface area contributed by atoms with E-state index in [2.05, 4.69) is 36.5 Å². The molecule has 0 fully saturated rings. The number of alkyl halides is 3. The average molecular weight is 712 g/mol. The van der Waals surface area contributed by atoms with Crippen molar-refractivity contribution < 1.29 is 26.9 Å². The first kappa shape index (κ1) is 37.1. The molecule has 1 atom stereocenters. The van der Waals surface area contributed by atoms with E-state index in [-0.39, 0.29) is 22.8 Å². The lowest BCUT2D eigenvalue weighted by Gasteiger charge is -2.22. The van der Waals surface area contributed by atoms with Crippen molar-refractivity contribution in [3.05, 3.63) is 142 Å².